The van der Waals surface area contributed by atoms with Crippen LogP contribution in [0.5, 0.6) is 0 Å². The minimum absolute atomic E-state index is 0.407. The third kappa shape index (κ3) is 1.70. The molecule has 1 aliphatic heterocycles. The van der Waals surface area contributed by atoms with Crippen LogP contribution < -0.4 is 5.32 Å². The summed E-state index contributed by atoms with van der Waals surface area (Å²) in [5.74, 6) is 0.763. The van der Waals surface area contributed by atoms with Gasteiger partial charge in [0.05, 0.1) is 17.8 Å². The maximum Gasteiger partial charge on any atom is 0.110 e. The molecule has 1 N–H and O–H groups in total. The number of hydrogen-bond donors (Lipinski definition) is 1. The Morgan fingerprint density at radius 3 is 3.00 bits per heavy atom. The van der Waals surface area contributed by atoms with E-state index < -0.39 is 0 Å². The van der Waals surface area contributed by atoms with Crippen molar-refractivity contribution in [3.05, 3.63) is 15.6 Å². The second kappa shape index (κ2) is 4.53. The lowest BCUT2D eigenvalue weighted by Gasteiger charge is -2.64. The molecular weight excluding hydrogens is 280 g/mol. The number of nitrogens with one attached hydrogen (secondary N) is 1. The maximum absolute atomic E-state index is 6.02. The summed E-state index contributed by atoms with van der Waals surface area (Å²) in [4.78, 5) is 6.45. The van der Waals surface area contributed by atoms with E-state index in [0.717, 1.165) is 12.5 Å². The Hall–Kier alpha value is -0.450. The lowest BCUT2D eigenvalue weighted by atomic mass is 9.46. The molecule has 21 heavy (non-hydrogen) atoms. The SMILES string of the molecule is C[C@H](N[C@@H]1[C@H]2CCO[C@H]2C12CCC2)c1nc2c(s1)CCC2. The Morgan fingerprint density at radius 1 is 1.33 bits per heavy atom. The van der Waals surface area contributed by atoms with Crippen molar-refractivity contribution in [1.29, 1.82) is 0 Å². The molecule has 0 aromatic carbocycles. The van der Waals surface area contributed by atoms with Crippen molar-refractivity contribution >= 4 is 11.3 Å². The summed E-state index contributed by atoms with van der Waals surface area (Å²) in [5.41, 5.74) is 1.87. The van der Waals surface area contributed by atoms with E-state index in [1.165, 1.54) is 55.6 Å². The molecule has 4 atom stereocenters. The van der Waals surface area contributed by atoms with Crippen molar-refractivity contribution in [3.8, 4) is 0 Å². The summed E-state index contributed by atoms with van der Waals surface area (Å²) in [6.07, 6.45) is 9.71. The maximum atomic E-state index is 6.02. The van der Waals surface area contributed by atoms with Crippen LogP contribution in [0, 0.1) is 11.3 Å². The summed E-state index contributed by atoms with van der Waals surface area (Å²) < 4.78 is 6.02. The largest absolute Gasteiger partial charge is 0.377 e. The fourth-order valence-corrected chi connectivity index (χ4v) is 6.40. The van der Waals surface area contributed by atoms with Gasteiger partial charge in [-0.05, 0) is 45.4 Å². The molecule has 0 radical (unpaired) electrons. The van der Waals surface area contributed by atoms with Gasteiger partial charge >= 0.3 is 0 Å². The Balaban J connectivity index is 1.34. The first kappa shape index (κ1) is 13.0. The van der Waals surface area contributed by atoms with Gasteiger partial charge in [-0.2, -0.15) is 0 Å². The van der Waals surface area contributed by atoms with Crippen molar-refractivity contribution in [2.24, 2.45) is 11.3 Å². The zero-order valence-electron chi connectivity index (χ0n) is 12.7. The number of fused-ring (bicyclic) bond motifs is 3. The number of aryl methyl sites for hydroxylation is 2. The van der Waals surface area contributed by atoms with Gasteiger partial charge in [0.25, 0.3) is 0 Å². The fraction of sp³-hybridized carbons (Fsp3) is 0.824. The van der Waals surface area contributed by atoms with E-state index in [4.69, 9.17) is 9.72 Å². The normalized spacial score (nSPS) is 36.9. The second-order valence-corrected chi connectivity index (χ2v) is 8.59. The smallest absolute Gasteiger partial charge is 0.110 e. The van der Waals surface area contributed by atoms with Gasteiger partial charge in [-0.15, -0.1) is 11.3 Å². The van der Waals surface area contributed by atoms with Gasteiger partial charge in [-0.25, -0.2) is 4.98 Å². The molecule has 3 nitrogen and oxygen atoms in total. The van der Waals surface area contributed by atoms with Crippen molar-refractivity contribution in [2.75, 3.05) is 6.61 Å². The summed E-state index contributed by atoms with van der Waals surface area (Å²) in [6.45, 7) is 3.29. The predicted molar refractivity (Wildman–Crippen MR) is 83.6 cm³/mol. The standard InChI is InChI=1S/C17H24N2OS/c1-10(16-19-12-4-2-5-13(12)21-16)18-14-11-6-9-20-15(11)17(14)7-3-8-17/h10-11,14-15,18H,2-9H2,1H3/t10-,11+,14+,15+/m0/s1. The van der Waals surface area contributed by atoms with Crippen molar-refractivity contribution in [2.45, 2.75) is 70.1 Å². The second-order valence-electron chi connectivity index (χ2n) is 7.47. The molecule has 1 aromatic rings. The summed E-state index contributed by atoms with van der Waals surface area (Å²) in [5, 5.41) is 5.27. The molecule has 114 valence electrons. The van der Waals surface area contributed by atoms with Gasteiger partial charge in [-0.1, -0.05) is 6.42 Å². The van der Waals surface area contributed by atoms with E-state index in [1.54, 1.807) is 4.88 Å². The third-order valence-corrected chi connectivity index (χ3v) is 7.79. The zero-order valence-corrected chi connectivity index (χ0v) is 13.5. The van der Waals surface area contributed by atoms with Gasteiger partial charge in [-0.3, -0.25) is 0 Å². The highest BCUT2D eigenvalue weighted by Gasteiger charge is 2.66. The van der Waals surface area contributed by atoms with E-state index in [9.17, 15) is 0 Å². The topological polar surface area (TPSA) is 34.1 Å². The van der Waals surface area contributed by atoms with E-state index in [1.807, 2.05) is 11.3 Å². The van der Waals surface area contributed by atoms with E-state index in [-0.39, 0.29) is 0 Å². The Bertz CT molecular complexity index is 544. The van der Waals surface area contributed by atoms with E-state index in [2.05, 4.69) is 12.2 Å². The van der Waals surface area contributed by atoms with Gasteiger partial charge in [0.15, 0.2) is 0 Å². The van der Waals surface area contributed by atoms with Crippen LogP contribution >= 0.6 is 11.3 Å². The highest BCUT2D eigenvalue weighted by atomic mass is 32.1. The molecular formula is C17H24N2OS. The number of nitrogens with zero attached hydrogens (tertiary/aromatic N) is 1. The predicted octanol–water partition coefficient (Wildman–Crippen LogP) is 3.24. The van der Waals surface area contributed by atoms with Crippen LogP contribution in [0.2, 0.25) is 0 Å². The molecule has 2 saturated carbocycles. The minimum atomic E-state index is 0.407. The van der Waals surface area contributed by atoms with Crippen LogP contribution in [0.15, 0.2) is 0 Å². The average Bonchev–Trinajstić information content (AvgIpc) is 3.07. The highest BCUT2D eigenvalue weighted by molar-refractivity contribution is 7.11. The first-order chi connectivity index (χ1) is 10.3. The molecule has 1 spiro atoms. The van der Waals surface area contributed by atoms with Crippen LogP contribution in [-0.4, -0.2) is 23.7 Å². The highest BCUT2D eigenvalue weighted by Crippen LogP contribution is 2.63. The molecule has 1 aromatic heterocycles. The Labute approximate surface area is 130 Å². The molecule has 2 heterocycles. The quantitative estimate of drug-likeness (QED) is 0.931. The van der Waals surface area contributed by atoms with E-state index >= 15 is 0 Å². The van der Waals surface area contributed by atoms with Crippen molar-refractivity contribution in [1.82, 2.24) is 10.3 Å². The zero-order chi connectivity index (χ0) is 14.0. The fourth-order valence-electron chi connectivity index (χ4n) is 5.23. The number of ether oxygens (including phenoxy) is 1. The molecule has 0 amide bonds. The lowest BCUT2D eigenvalue weighted by molar-refractivity contribution is -0.178. The molecule has 5 rings (SSSR count). The number of hydrogen-bond acceptors (Lipinski definition) is 4. The molecule has 3 fully saturated rings. The van der Waals surface area contributed by atoms with Gasteiger partial charge < -0.3 is 10.1 Å². The number of rotatable bonds is 3. The van der Waals surface area contributed by atoms with E-state index in [0.29, 0.717) is 23.6 Å². The molecule has 3 aliphatic carbocycles. The van der Waals surface area contributed by atoms with Crippen LogP contribution in [0.25, 0.3) is 0 Å². The van der Waals surface area contributed by atoms with Crippen molar-refractivity contribution in [3.63, 3.8) is 0 Å². The summed E-state index contributed by atoms with van der Waals surface area (Å²) in [6, 6.07) is 1.08. The molecule has 0 bridgehead atoms. The van der Waals surface area contributed by atoms with Crippen LogP contribution in [0.3, 0.4) is 0 Å². The van der Waals surface area contributed by atoms with Crippen LogP contribution in [0.1, 0.15) is 60.6 Å². The Kier molecular flexibility index (Phi) is 2.81. The first-order valence-corrected chi connectivity index (χ1v) is 9.46. The van der Waals surface area contributed by atoms with Gasteiger partial charge in [0.1, 0.15) is 5.01 Å². The average molecular weight is 304 g/mol. The van der Waals surface area contributed by atoms with Crippen molar-refractivity contribution < 1.29 is 4.74 Å². The molecule has 1 saturated heterocycles. The molecule has 4 aliphatic rings. The lowest BCUT2D eigenvalue weighted by Crippen LogP contribution is -2.71. The third-order valence-electron chi connectivity index (χ3n) is 6.45. The minimum Gasteiger partial charge on any atom is -0.377 e. The van der Waals surface area contributed by atoms with Gasteiger partial charge in [0, 0.05) is 28.9 Å². The monoisotopic (exact) mass is 304 g/mol. The summed E-state index contributed by atoms with van der Waals surface area (Å²) >= 11 is 1.95. The van der Waals surface area contributed by atoms with Crippen LogP contribution in [-0.2, 0) is 17.6 Å². The summed E-state index contributed by atoms with van der Waals surface area (Å²) in [7, 11) is 0. The molecule has 4 heteroatoms. The molecule has 0 unspecified atom stereocenters. The Morgan fingerprint density at radius 2 is 2.24 bits per heavy atom. The first-order valence-electron chi connectivity index (χ1n) is 8.64. The van der Waals surface area contributed by atoms with Crippen LogP contribution in [0.4, 0.5) is 0 Å². The number of aromatic nitrogens is 1. The van der Waals surface area contributed by atoms with Gasteiger partial charge in [0.2, 0.25) is 0 Å². The number of thiazole rings is 1.